The third-order valence-corrected chi connectivity index (χ3v) is 2.34. The summed E-state index contributed by atoms with van der Waals surface area (Å²) in [5, 5.41) is 0. The van der Waals surface area contributed by atoms with E-state index in [2.05, 4.69) is 4.98 Å². The summed E-state index contributed by atoms with van der Waals surface area (Å²) in [4.78, 5) is 4.09. The Balaban J connectivity index is 1.93. The van der Waals surface area contributed by atoms with Gasteiger partial charge in [-0.2, -0.15) is 0 Å². The first-order valence-corrected chi connectivity index (χ1v) is 5.60. The smallest absolute Gasteiger partial charge is 0.305 e. The Labute approximate surface area is 99.2 Å². The summed E-state index contributed by atoms with van der Waals surface area (Å²) in [6.07, 6.45) is 2.89. The fourth-order valence-electron chi connectivity index (χ4n) is 1.56. The molecule has 1 heterocycles. The highest BCUT2D eigenvalue weighted by atomic mass is 19.1. The number of rotatable bonds is 5. The molecule has 0 spiro atoms. The monoisotopic (exact) mass is 235 g/mol. The van der Waals surface area contributed by atoms with Crippen molar-refractivity contribution in [1.82, 2.24) is 4.98 Å². The van der Waals surface area contributed by atoms with E-state index in [0.717, 1.165) is 5.56 Å². The average Bonchev–Trinajstić information content (AvgIpc) is 2.75. The van der Waals surface area contributed by atoms with E-state index in [9.17, 15) is 4.39 Å². The number of nitrogens with zero attached hydrogens (tertiary/aromatic N) is 1. The van der Waals surface area contributed by atoms with Crippen molar-refractivity contribution < 1.29 is 13.5 Å². The second-order valence-corrected chi connectivity index (χ2v) is 3.64. The molecule has 0 fully saturated rings. The standard InChI is InChI=1S/C13H14FNO2/c1-2-16-13-9-15-12(17-13)7-6-10-4-3-5-11(14)8-10/h3-5,8-9H,2,6-7H2,1H3. The zero-order valence-corrected chi connectivity index (χ0v) is 9.65. The van der Waals surface area contributed by atoms with Gasteiger partial charge in [0.1, 0.15) is 12.0 Å². The Morgan fingerprint density at radius 1 is 1.35 bits per heavy atom. The van der Waals surface area contributed by atoms with Gasteiger partial charge < -0.3 is 9.15 Å². The van der Waals surface area contributed by atoms with Crippen molar-refractivity contribution in [3.8, 4) is 5.95 Å². The lowest BCUT2D eigenvalue weighted by molar-refractivity contribution is 0.250. The van der Waals surface area contributed by atoms with Gasteiger partial charge in [0.05, 0.1) is 6.61 Å². The van der Waals surface area contributed by atoms with Crippen molar-refractivity contribution in [1.29, 1.82) is 0 Å². The van der Waals surface area contributed by atoms with Crippen LogP contribution in [0.2, 0.25) is 0 Å². The molecule has 17 heavy (non-hydrogen) atoms. The Morgan fingerprint density at radius 3 is 3.00 bits per heavy atom. The van der Waals surface area contributed by atoms with Crippen LogP contribution in [0.25, 0.3) is 0 Å². The first-order valence-electron chi connectivity index (χ1n) is 5.60. The van der Waals surface area contributed by atoms with E-state index >= 15 is 0 Å². The van der Waals surface area contributed by atoms with Gasteiger partial charge in [-0.25, -0.2) is 9.37 Å². The van der Waals surface area contributed by atoms with Gasteiger partial charge in [0.2, 0.25) is 0 Å². The molecule has 0 aliphatic rings. The molecule has 2 aromatic rings. The van der Waals surface area contributed by atoms with Crippen molar-refractivity contribution in [2.75, 3.05) is 6.61 Å². The summed E-state index contributed by atoms with van der Waals surface area (Å²) in [6, 6.07) is 6.54. The molecule has 1 aromatic heterocycles. The van der Waals surface area contributed by atoms with Crippen LogP contribution in [0.4, 0.5) is 4.39 Å². The topological polar surface area (TPSA) is 35.3 Å². The highest BCUT2D eigenvalue weighted by molar-refractivity contribution is 5.17. The maximum atomic E-state index is 12.9. The van der Waals surface area contributed by atoms with Crippen LogP contribution in [0.5, 0.6) is 5.95 Å². The van der Waals surface area contributed by atoms with Crippen LogP contribution in [-0.2, 0) is 12.8 Å². The molecule has 0 saturated heterocycles. The van der Waals surface area contributed by atoms with Gasteiger partial charge >= 0.3 is 5.95 Å². The molecular formula is C13H14FNO2. The molecule has 0 aliphatic heterocycles. The van der Waals surface area contributed by atoms with E-state index in [1.54, 1.807) is 12.3 Å². The van der Waals surface area contributed by atoms with E-state index in [4.69, 9.17) is 9.15 Å². The SMILES string of the molecule is CCOc1cnc(CCc2cccc(F)c2)o1. The second kappa shape index (κ2) is 5.48. The largest absolute Gasteiger partial charge is 0.464 e. The summed E-state index contributed by atoms with van der Waals surface area (Å²) in [5.74, 6) is 0.823. The van der Waals surface area contributed by atoms with Crippen LogP contribution in [0, 0.1) is 5.82 Å². The molecule has 0 saturated carbocycles. The fourth-order valence-corrected chi connectivity index (χ4v) is 1.56. The third kappa shape index (κ3) is 3.31. The minimum atomic E-state index is -0.218. The molecule has 2 rings (SSSR count). The maximum absolute atomic E-state index is 12.9. The second-order valence-electron chi connectivity index (χ2n) is 3.64. The third-order valence-electron chi connectivity index (χ3n) is 2.34. The van der Waals surface area contributed by atoms with Crippen LogP contribution in [0.3, 0.4) is 0 Å². The van der Waals surface area contributed by atoms with Crippen molar-refractivity contribution in [2.24, 2.45) is 0 Å². The van der Waals surface area contributed by atoms with E-state index < -0.39 is 0 Å². The van der Waals surface area contributed by atoms with E-state index in [1.165, 1.54) is 12.1 Å². The molecule has 3 nitrogen and oxygen atoms in total. The zero-order valence-electron chi connectivity index (χ0n) is 9.65. The van der Waals surface area contributed by atoms with Gasteiger partial charge in [-0.05, 0) is 31.0 Å². The van der Waals surface area contributed by atoms with Crippen molar-refractivity contribution in [3.63, 3.8) is 0 Å². The van der Waals surface area contributed by atoms with Crippen LogP contribution in [0.1, 0.15) is 18.4 Å². The molecule has 0 radical (unpaired) electrons. The summed E-state index contributed by atoms with van der Waals surface area (Å²) < 4.78 is 23.5. The van der Waals surface area contributed by atoms with Gasteiger partial charge in [-0.1, -0.05) is 12.1 Å². The first kappa shape index (κ1) is 11.6. The van der Waals surface area contributed by atoms with Crippen molar-refractivity contribution in [3.05, 3.63) is 47.7 Å². The molecule has 0 aliphatic carbocycles. The van der Waals surface area contributed by atoms with Crippen molar-refractivity contribution in [2.45, 2.75) is 19.8 Å². The number of hydrogen-bond donors (Lipinski definition) is 0. The lowest BCUT2D eigenvalue weighted by atomic mass is 10.1. The van der Waals surface area contributed by atoms with E-state index in [1.807, 2.05) is 13.0 Å². The quantitative estimate of drug-likeness (QED) is 0.799. The van der Waals surface area contributed by atoms with Crippen molar-refractivity contribution >= 4 is 0 Å². The molecule has 0 N–H and O–H groups in total. The molecule has 90 valence electrons. The summed E-state index contributed by atoms with van der Waals surface area (Å²) in [5.41, 5.74) is 0.932. The van der Waals surface area contributed by atoms with Crippen LogP contribution in [-0.4, -0.2) is 11.6 Å². The predicted octanol–water partition coefficient (Wildman–Crippen LogP) is 3.00. The molecule has 0 unspecified atom stereocenters. The number of aromatic nitrogens is 1. The lowest BCUT2D eigenvalue weighted by Gasteiger charge is -1.99. The van der Waals surface area contributed by atoms with Crippen LogP contribution < -0.4 is 4.74 Å². The lowest BCUT2D eigenvalue weighted by Crippen LogP contribution is -1.92. The molecule has 0 atom stereocenters. The average molecular weight is 235 g/mol. The Morgan fingerprint density at radius 2 is 2.24 bits per heavy atom. The van der Waals surface area contributed by atoms with E-state index in [0.29, 0.717) is 31.3 Å². The number of ether oxygens (including phenoxy) is 1. The Bertz CT molecular complexity index is 482. The molecule has 1 aromatic carbocycles. The minimum absolute atomic E-state index is 0.218. The Kier molecular flexibility index (Phi) is 3.75. The highest BCUT2D eigenvalue weighted by Gasteiger charge is 2.05. The summed E-state index contributed by atoms with van der Waals surface area (Å²) >= 11 is 0. The number of hydrogen-bond acceptors (Lipinski definition) is 3. The number of oxazole rings is 1. The number of benzene rings is 1. The molecular weight excluding hydrogens is 221 g/mol. The predicted molar refractivity (Wildman–Crippen MR) is 61.5 cm³/mol. The van der Waals surface area contributed by atoms with Crippen LogP contribution in [0.15, 0.2) is 34.9 Å². The summed E-state index contributed by atoms with van der Waals surface area (Å²) in [7, 11) is 0. The zero-order chi connectivity index (χ0) is 12.1. The van der Waals surface area contributed by atoms with Crippen LogP contribution >= 0.6 is 0 Å². The van der Waals surface area contributed by atoms with Gasteiger partial charge in [-0.15, -0.1) is 0 Å². The summed E-state index contributed by atoms with van der Waals surface area (Å²) in [6.45, 7) is 2.44. The minimum Gasteiger partial charge on any atom is -0.464 e. The normalized spacial score (nSPS) is 10.5. The van der Waals surface area contributed by atoms with Gasteiger partial charge in [-0.3, -0.25) is 0 Å². The molecule has 0 bridgehead atoms. The first-order chi connectivity index (χ1) is 8.28. The maximum Gasteiger partial charge on any atom is 0.305 e. The Hall–Kier alpha value is -1.84. The van der Waals surface area contributed by atoms with Gasteiger partial charge in [0.25, 0.3) is 0 Å². The van der Waals surface area contributed by atoms with E-state index in [-0.39, 0.29) is 5.82 Å². The number of halogens is 1. The van der Waals surface area contributed by atoms with Gasteiger partial charge in [0, 0.05) is 6.42 Å². The molecule has 0 amide bonds. The fraction of sp³-hybridized carbons (Fsp3) is 0.308. The van der Waals surface area contributed by atoms with Gasteiger partial charge in [0.15, 0.2) is 5.89 Å². The molecule has 4 heteroatoms. The highest BCUT2D eigenvalue weighted by Crippen LogP contribution is 2.14. The number of aryl methyl sites for hydroxylation is 2.